The van der Waals surface area contributed by atoms with Gasteiger partial charge in [-0.15, -0.1) is 0 Å². The molecule has 0 fully saturated rings. The minimum absolute atomic E-state index is 0.252. The molecule has 1 unspecified atom stereocenters. The highest BCUT2D eigenvalue weighted by atomic mass is 35.6. The van der Waals surface area contributed by atoms with Gasteiger partial charge in [-0.1, -0.05) is 48.7 Å². The number of alkyl halides is 3. The first-order valence-corrected chi connectivity index (χ1v) is 4.99. The van der Waals surface area contributed by atoms with Gasteiger partial charge in [0, 0.05) is 5.92 Å². The molecule has 2 amide bonds. The lowest BCUT2D eigenvalue weighted by Gasteiger charge is -2.25. The summed E-state index contributed by atoms with van der Waals surface area (Å²) in [5, 5.41) is 4.58. The number of amides is 2. The summed E-state index contributed by atoms with van der Waals surface area (Å²) in [6, 6.07) is 0. The first-order chi connectivity index (χ1) is 6.29. The van der Waals surface area contributed by atoms with E-state index in [0.29, 0.717) is 6.41 Å². The summed E-state index contributed by atoms with van der Waals surface area (Å²) in [6.07, 6.45) is -0.674. The van der Waals surface area contributed by atoms with E-state index < -0.39 is 9.96 Å². The van der Waals surface area contributed by atoms with Gasteiger partial charge in [0.2, 0.25) is 16.1 Å². The first-order valence-electron chi connectivity index (χ1n) is 3.85. The van der Waals surface area contributed by atoms with Crippen LogP contribution in [-0.2, 0) is 9.59 Å². The van der Waals surface area contributed by atoms with Gasteiger partial charge in [-0.2, -0.15) is 0 Å². The molecule has 0 aromatic heterocycles. The Morgan fingerprint density at radius 1 is 1.36 bits per heavy atom. The van der Waals surface area contributed by atoms with Crippen LogP contribution < -0.4 is 10.6 Å². The Morgan fingerprint density at radius 3 is 2.14 bits per heavy atom. The lowest BCUT2D eigenvalue weighted by Crippen LogP contribution is -2.53. The monoisotopic (exact) mass is 260 g/mol. The molecule has 0 bridgehead atoms. The Labute approximate surface area is 97.3 Å². The van der Waals surface area contributed by atoms with Gasteiger partial charge >= 0.3 is 0 Å². The number of nitrogens with one attached hydrogen (secondary N) is 2. The number of hydrogen-bond acceptors (Lipinski definition) is 2. The molecule has 14 heavy (non-hydrogen) atoms. The van der Waals surface area contributed by atoms with E-state index in [1.165, 1.54) is 0 Å². The van der Waals surface area contributed by atoms with Crippen molar-refractivity contribution in [3.8, 4) is 0 Å². The highest BCUT2D eigenvalue weighted by molar-refractivity contribution is 6.68. The third-order valence-corrected chi connectivity index (χ3v) is 2.03. The Kier molecular flexibility index (Phi) is 5.56. The van der Waals surface area contributed by atoms with Crippen LogP contribution in [0.2, 0.25) is 0 Å². The second kappa shape index (κ2) is 5.63. The maximum absolute atomic E-state index is 11.2. The maximum atomic E-state index is 11.2. The molecule has 0 aliphatic heterocycles. The van der Waals surface area contributed by atoms with Crippen molar-refractivity contribution in [2.45, 2.75) is 23.8 Å². The minimum atomic E-state index is -1.77. The van der Waals surface area contributed by atoms with Crippen molar-refractivity contribution >= 4 is 47.1 Å². The molecule has 4 nitrogen and oxygen atoms in total. The summed E-state index contributed by atoms with van der Waals surface area (Å²) in [5.74, 6) is -0.561. The van der Waals surface area contributed by atoms with Crippen LogP contribution in [0, 0.1) is 5.92 Å². The Bertz CT molecular complexity index is 215. The van der Waals surface area contributed by atoms with Crippen molar-refractivity contribution in [2.24, 2.45) is 5.92 Å². The summed E-state index contributed by atoms with van der Waals surface area (Å²) in [4.78, 5) is 21.4. The molecule has 0 spiro atoms. The number of rotatable bonds is 4. The van der Waals surface area contributed by atoms with Crippen molar-refractivity contribution in [3.63, 3.8) is 0 Å². The Hall–Kier alpha value is -0.190. The molecule has 0 rings (SSSR count). The van der Waals surface area contributed by atoms with Crippen molar-refractivity contribution < 1.29 is 9.59 Å². The van der Waals surface area contributed by atoms with Crippen LogP contribution in [-0.4, -0.2) is 22.3 Å². The van der Waals surface area contributed by atoms with Gasteiger partial charge in [0.1, 0.15) is 6.17 Å². The fourth-order valence-corrected chi connectivity index (χ4v) is 0.948. The molecule has 82 valence electrons. The molecule has 0 saturated carbocycles. The third kappa shape index (κ3) is 4.88. The van der Waals surface area contributed by atoms with Crippen molar-refractivity contribution in [1.82, 2.24) is 10.6 Å². The fourth-order valence-electron chi connectivity index (χ4n) is 0.595. The van der Waals surface area contributed by atoms with E-state index in [2.05, 4.69) is 10.6 Å². The zero-order chi connectivity index (χ0) is 11.4. The molecule has 0 aromatic carbocycles. The summed E-state index contributed by atoms with van der Waals surface area (Å²) in [6.45, 7) is 3.37. The van der Waals surface area contributed by atoms with E-state index >= 15 is 0 Å². The molecule has 2 N–H and O–H groups in total. The van der Waals surface area contributed by atoms with Gasteiger partial charge in [0.05, 0.1) is 0 Å². The molecular formula is C7H11Cl3N2O2. The van der Waals surface area contributed by atoms with E-state index in [0.717, 1.165) is 0 Å². The average molecular weight is 262 g/mol. The van der Waals surface area contributed by atoms with Gasteiger partial charge in [-0.25, -0.2) is 0 Å². The van der Waals surface area contributed by atoms with E-state index in [4.69, 9.17) is 34.8 Å². The van der Waals surface area contributed by atoms with Crippen LogP contribution >= 0.6 is 34.8 Å². The highest BCUT2D eigenvalue weighted by Gasteiger charge is 2.33. The second-order valence-electron chi connectivity index (χ2n) is 2.92. The summed E-state index contributed by atoms with van der Waals surface area (Å²) >= 11 is 16.6. The maximum Gasteiger partial charge on any atom is 0.228 e. The SMILES string of the molecule is CC(C)C(=O)NC(NC=O)C(Cl)(Cl)Cl. The number of carbonyl (C=O) groups is 2. The zero-order valence-corrected chi connectivity index (χ0v) is 9.95. The smallest absolute Gasteiger partial charge is 0.228 e. The van der Waals surface area contributed by atoms with Crippen molar-refractivity contribution in [2.75, 3.05) is 0 Å². The minimum Gasteiger partial charge on any atom is -0.335 e. The highest BCUT2D eigenvalue weighted by Crippen LogP contribution is 2.28. The Morgan fingerprint density at radius 2 is 1.86 bits per heavy atom. The van der Waals surface area contributed by atoms with E-state index in [-0.39, 0.29) is 11.8 Å². The lowest BCUT2D eigenvalue weighted by molar-refractivity contribution is -0.125. The van der Waals surface area contributed by atoms with Crippen LogP contribution in [0.1, 0.15) is 13.8 Å². The Balaban J connectivity index is 4.38. The third-order valence-electron chi connectivity index (χ3n) is 1.37. The summed E-state index contributed by atoms with van der Waals surface area (Å²) in [7, 11) is 0. The molecule has 0 heterocycles. The number of hydrogen-bond donors (Lipinski definition) is 2. The molecule has 1 atom stereocenters. The van der Waals surface area contributed by atoms with Crippen LogP contribution in [0.5, 0.6) is 0 Å². The van der Waals surface area contributed by atoms with Crippen LogP contribution in [0.25, 0.3) is 0 Å². The van der Waals surface area contributed by atoms with Gasteiger partial charge in [0.15, 0.2) is 0 Å². The van der Waals surface area contributed by atoms with Crippen LogP contribution in [0.3, 0.4) is 0 Å². The van der Waals surface area contributed by atoms with Gasteiger partial charge in [-0.05, 0) is 0 Å². The predicted octanol–water partition coefficient (Wildman–Crippen LogP) is 1.20. The molecule has 0 saturated heterocycles. The predicted molar refractivity (Wildman–Crippen MR) is 56.3 cm³/mol. The molecule has 7 heteroatoms. The average Bonchev–Trinajstić information content (AvgIpc) is 2.01. The zero-order valence-electron chi connectivity index (χ0n) is 7.68. The van der Waals surface area contributed by atoms with Gasteiger partial charge < -0.3 is 10.6 Å². The van der Waals surface area contributed by atoms with Gasteiger partial charge in [0.25, 0.3) is 0 Å². The number of carbonyl (C=O) groups excluding carboxylic acids is 2. The molecule has 0 radical (unpaired) electrons. The molecule has 0 aliphatic rings. The second-order valence-corrected chi connectivity index (χ2v) is 5.29. The van der Waals surface area contributed by atoms with Crippen molar-refractivity contribution in [3.05, 3.63) is 0 Å². The molecule has 0 aliphatic carbocycles. The molecular weight excluding hydrogens is 250 g/mol. The topological polar surface area (TPSA) is 58.2 Å². The largest absolute Gasteiger partial charge is 0.335 e. The normalized spacial score (nSPS) is 13.6. The molecule has 0 aromatic rings. The van der Waals surface area contributed by atoms with Crippen LogP contribution in [0.15, 0.2) is 0 Å². The number of halogens is 3. The van der Waals surface area contributed by atoms with Crippen molar-refractivity contribution in [1.29, 1.82) is 0 Å². The van der Waals surface area contributed by atoms with Gasteiger partial charge in [-0.3, -0.25) is 9.59 Å². The first kappa shape index (κ1) is 13.8. The summed E-state index contributed by atoms with van der Waals surface area (Å²) < 4.78 is -1.77. The van der Waals surface area contributed by atoms with E-state index in [9.17, 15) is 9.59 Å². The summed E-state index contributed by atoms with van der Waals surface area (Å²) in [5.41, 5.74) is 0. The lowest BCUT2D eigenvalue weighted by atomic mass is 10.2. The standard InChI is InChI=1S/C7H11Cl3N2O2/c1-4(2)5(14)12-6(11-3-13)7(8,9)10/h3-4,6H,1-2H3,(H,11,13)(H,12,14). The van der Waals surface area contributed by atoms with Crippen LogP contribution in [0.4, 0.5) is 0 Å². The quantitative estimate of drug-likeness (QED) is 0.454. The fraction of sp³-hybridized carbons (Fsp3) is 0.714. The van der Waals surface area contributed by atoms with E-state index in [1.807, 2.05) is 0 Å². The van der Waals surface area contributed by atoms with E-state index in [1.54, 1.807) is 13.8 Å².